The van der Waals surface area contributed by atoms with Crippen LogP contribution in [0.2, 0.25) is 0 Å². The summed E-state index contributed by atoms with van der Waals surface area (Å²) in [6.45, 7) is 1.62. The lowest BCUT2D eigenvalue weighted by Crippen LogP contribution is -2.50. The maximum absolute atomic E-state index is 12.4. The molecule has 3 heterocycles. The van der Waals surface area contributed by atoms with Gasteiger partial charge in [-0.1, -0.05) is 6.07 Å². The van der Waals surface area contributed by atoms with Crippen molar-refractivity contribution in [3.8, 4) is 0 Å². The third kappa shape index (κ3) is 3.70. The van der Waals surface area contributed by atoms with Crippen molar-refractivity contribution in [2.45, 2.75) is 30.9 Å². The van der Waals surface area contributed by atoms with Gasteiger partial charge < -0.3 is 10.4 Å². The van der Waals surface area contributed by atoms with E-state index in [0.29, 0.717) is 25.3 Å². The van der Waals surface area contributed by atoms with Gasteiger partial charge in [0, 0.05) is 25.0 Å². The molecule has 126 valence electrons. The summed E-state index contributed by atoms with van der Waals surface area (Å²) in [5, 5.41) is 13.5. The molecule has 5 nitrogen and oxygen atoms in total. The molecule has 0 unspecified atom stereocenters. The second-order valence-corrected chi connectivity index (χ2v) is 7.84. The van der Waals surface area contributed by atoms with Crippen LogP contribution >= 0.6 is 11.8 Å². The standard InChI is InChI=1S/C17H25N3O2S/c1-20-8-4-14(15(20)13-3-2-7-18-11-13)12-19-16(21)17(22)5-9-23-10-6-17/h2-3,7,11,14-15,22H,4-6,8-10,12H2,1H3,(H,19,21)/t14-,15-/m0/s1. The molecule has 1 aromatic rings. The van der Waals surface area contributed by atoms with Crippen molar-refractivity contribution < 1.29 is 9.90 Å². The van der Waals surface area contributed by atoms with Gasteiger partial charge >= 0.3 is 0 Å². The summed E-state index contributed by atoms with van der Waals surface area (Å²) in [5.41, 5.74) is 0.0269. The van der Waals surface area contributed by atoms with Gasteiger partial charge in [0.05, 0.1) is 0 Å². The fraction of sp³-hybridized carbons (Fsp3) is 0.647. The number of aromatic nitrogens is 1. The second kappa shape index (κ2) is 7.20. The number of rotatable bonds is 4. The van der Waals surface area contributed by atoms with Crippen LogP contribution in [-0.2, 0) is 4.79 Å². The molecule has 2 fully saturated rings. The van der Waals surface area contributed by atoms with Gasteiger partial charge in [0.1, 0.15) is 5.60 Å². The van der Waals surface area contributed by atoms with Crippen LogP contribution in [0.3, 0.4) is 0 Å². The minimum absolute atomic E-state index is 0.197. The number of hydrogen-bond acceptors (Lipinski definition) is 5. The van der Waals surface area contributed by atoms with Crippen molar-refractivity contribution in [2.24, 2.45) is 5.92 Å². The van der Waals surface area contributed by atoms with E-state index in [0.717, 1.165) is 24.5 Å². The van der Waals surface area contributed by atoms with Crippen molar-refractivity contribution in [3.63, 3.8) is 0 Å². The lowest BCUT2D eigenvalue weighted by atomic mass is 9.93. The molecule has 0 aliphatic carbocycles. The van der Waals surface area contributed by atoms with E-state index in [9.17, 15) is 9.90 Å². The number of hydrogen-bond donors (Lipinski definition) is 2. The van der Waals surface area contributed by atoms with Crippen molar-refractivity contribution in [1.29, 1.82) is 0 Å². The SMILES string of the molecule is CN1CC[C@@H](CNC(=O)C2(O)CCSCC2)[C@@H]1c1cccnc1. The molecule has 23 heavy (non-hydrogen) atoms. The predicted octanol–water partition coefficient (Wildman–Crippen LogP) is 1.45. The lowest BCUT2D eigenvalue weighted by molar-refractivity contribution is -0.140. The third-order valence-corrected chi connectivity index (χ3v) is 6.05. The fourth-order valence-electron chi connectivity index (χ4n) is 3.64. The van der Waals surface area contributed by atoms with E-state index in [1.54, 1.807) is 18.0 Å². The minimum atomic E-state index is -1.17. The molecular weight excluding hydrogens is 310 g/mol. The van der Waals surface area contributed by atoms with Crippen LogP contribution in [0.4, 0.5) is 0 Å². The average molecular weight is 335 g/mol. The molecule has 1 aromatic heterocycles. The van der Waals surface area contributed by atoms with E-state index < -0.39 is 5.60 Å². The maximum atomic E-state index is 12.4. The summed E-state index contributed by atoms with van der Waals surface area (Å²) in [6, 6.07) is 4.33. The number of amides is 1. The molecule has 2 saturated heterocycles. The van der Waals surface area contributed by atoms with Crippen LogP contribution in [0.25, 0.3) is 0 Å². The van der Waals surface area contributed by atoms with Crippen LogP contribution in [0, 0.1) is 5.92 Å². The summed E-state index contributed by atoms with van der Waals surface area (Å²) < 4.78 is 0. The average Bonchev–Trinajstić information content (AvgIpc) is 2.95. The predicted molar refractivity (Wildman–Crippen MR) is 92.2 cm³/mol. The minimum Gasteiger partial charge on any atom is -0.380 e. The first-order valence-electron chi connectivity index (χ1n) is 8.29. The van der Waals surface area contributed by atoms with Crippen LogP contribution in [0.15, 0.2) is 24.5 Å². The molecule has 0 spiro atoms. The zero-order valence-corrected chi connectivity index (χ0v) is 14.4. The Hall–Kier alpha value is -1.11. The summed E-state index contributed by atoms with van der Waals surface area (Å²) in [4.78, 5) is 18.9. The number of nitrogens with zero attached hydrogens (tertiary/aromatic N) is 2. The largest absolute Gasteiger partial charge is 0.380 e. The Morgan fingerprint density at radius 1 is 1.52 bits per heavy atom. The van der Waals surface area contributed by atoms with Gasteiger partial charge in [-0.05, 0) is 61.9 Å². The van der Waals surface area contributed by atoms with Crippen LogP contribution < -0.4 is 5.32 Å². The molecule has 0 bridgehead atoms. The molecule has 2 atom stereocenters. The van der Waals surface area contributed by atoms with Gasteiger partial charge in [-0.2, -0.15) is 11.8 Å². The Kier molecular flexibility index (Phi) is 5.24. The van der Waals surface area contributed by atoms with Crippen LogP contribution in [-0.4, -0.2) is 58.1 Å². The molecule has 0 radical (unpaired) electrons. The Morgan fingerprint density at radius 3 is 3.00 bits per heavy atom. The molecule has 0 saturated carbocycles. The smallest absolute Gasteiger partial charge is 0.252 e. The van der Waals surface area contributed by atoms with Crippen molar-refractivity contribution in [1.82, 2.24) is 15.2 Å². The number of likely N-dealkylation sites (tertiary alicyclic amines) is 1. The highest BCUT2D eigenvalue weighted by Crippen LogP contribution is 2.35. The van der Waals surface area contributed by atoms with E-state index in [-0.39, 0.29) is 11.9 Å². The maximum Gasteiger partial charge on any atom is 0.252 e. The van der Waals surface area contributed by atoms with E-state index in [2.05, 4.69) is 28.3 Å². The number of carbonyl (C=O) groups is 1. The Labute approximate surface area is 141 Å². The van der Waals surface area contributed by atoms with Gasteiger partial charge in [-0.25, -0.2) is 0 Å². The first kappa shape index (κ1) is 16.7. The number of thioether (sulfide) groups is 1. The number of pyridine rings is 1. The van der Waals surface area contributed by atoms with E-state index in [1.807, 2.05) is 12.3 Å². The Bertz CT molecular complexity index is 534. The zero-order valence-electron chi connectivity index (χ0n) is 13.6. The van der Waals surface area contributed by atoms with Crippen LogP contribution in [0.5, 0.6) is 0 Å². The topological polar surface area (TPSA) is 65.5 Å². The van der Waals surface area contributed by atoms with Crippen LogP contribution in [0.1, 0.15) is 30.9 Å². The first-order chi connectivity index (χ1) is 11.1. The number of aliphatic hydroxyl groups is 1. The molecule has 3 rings (SSSR count). The highest BCUT2D eigenvalue weighted by Gasteiger charge is 2.39. The van der Waals surface area contributed by atoms with Gasteiger partial charge in [0.25, 0.3) is 5.91 Å². The van der Waals surface area contributed by atoms with Gasteiger partial charge in [-0.15, -0.1) is 0 Å². The number of carbonyl (C=O) groups excluding carboxylic acids is 1. The highest BCUT2D eigenvalue weighted by molar-refractivity contribution is 7.99. The normalized spacial score (nSPS) is 27.7. The van der Waals surface area contributed by atoms with E-state index in [4.69, 9.17) is 0 Å². The molecule has 2 aliphatic rings. The second-order valence-electron chi connectivity index (χ2n) is 6.61. The fourth-order valence-corrected chi connectivity index (χ4v) is 4.81. The molecule has 1 amide bonds. The van der Waals surface area contributed by atoms with Crippen molar-refractivity contribution in [3.05, 3.63) is 30.1 Å². The van der Waals surface area contributed by atoms with Gasteiger partial charge in [0.2, 0.25) is 0 Å². The summed E-state index contributed by atoms with van der Waals surface area (Å²) in [7, 11) is 2.12. The van der Waals surface area contributed by atoms with E-state index >= 15 is 0 Å². The third-order valence-electron chi connectivity index (χ3n) is 5.07. The van der Waals surface area contributed by atoms with Crippen molar-refractivity contribution >= 4 is 17.7 Å². The summed E-state index contributed by atoms with van der Waals surface area (Å²) in [6.07, 6.45) is 5.85. The highest BCUT2D eigenvalue weighted by atomic mass is 32.2. The van der Waals surface area contributed by atoms with E-state index in [1.165, 1.54) is 5.56 Å². The Morgan fingerprint density at radius 2 is 2.30 bits per heavy atom. The quantitative estimate of drug-likeness (QED) is 0.872. The lowest BCUT2D eigenvalue weighted by Gasteiger charge is -2.31. The molecule has 6 heteroatoms. The summed E-state index contributed by atoms with van der Waals surface area (Å²) in [5.74, 6) is 1.87. The molecule has 0 aromatic carbocycles. The summed E-state index contributed by atoms with van der Waals surface area (Å²) >= 11 is 1.80. The zero-order chi connectivity index (χ0) is 16.3. The Balaban J connectivity index is 1.62. The molecular formula is C17H25N3O2S. The number of nitrogens with one attached hydrogen (secondary N) is 1. The molecule has 2 aliphatic heterocycles. The molecule has 2 N–H and O–H groups in total. The first-order valence-corrected chi connectivity index (χ1v) is 9.44. The monoisotopic (exact) mass is 335 g/mol. The van der Waals surface area contributed by atoms with Gasteiger partial charge in [-0.3, -0.25) is 14.7 Å². The van der Waals surface area contributed by atoms with Crippen molar-refractivity contribution in [2.75, 3.05) is 31.6 Å². The van der Waals surface area contributed by atoms with Gasteiger partial charge in [0.15, 0.2) is 0 Å².